The smallest absolute Gasteiger partial charge is 0.212 e. The second kappa shape index (κ2) is 4.92. The molecule has 0 N–H and O–H groups in total. The van der Waals surface area contributed by atoms with Crippen LogP contribution in [0.25, 0.3) is 0 Å². The summed E-state index contributed by atoms with van der Waals surface area (Å²) >= 11 is 1.72. The number of hydrogen-bond donors (Lipinski definition) is 0. The van der Waals surface area contributed by atoms with E-state index in [4.69, 9.17) is 9.47 Å². The summed E-state index contributed by atoms with van der Waals surface area (Å²) in [4.78, 5) is 0. The molecule has 3 heterocycles. The van der Waals surface area contributed by atoms with E-state index in [9.17, 15) is 0 Å². The van der Waals surface area contributed by atoms with Crippen molar-refractivity contribution in [1.29, 1.82) is 0 Å². The second-order valence-corrected chi connectivity index (χ2v) is 6.21. The zero-order valence-electron chi connectivity index (χ0n) is 11.9. The summed E-state index contributed by atoms with van der Waals surface area (Å²) < 4.78 is 12.7. The number of ether oxygens (including phenoxy) is 2. The van der Waals surface area contributed by atoms with Crippen LogP contribution in [0.4, 0.5) is 0 Å². The van der Waals surface area contributed by atoms with Crippen molar-refractivity contribution in [3.63, 3.8) is 0 Å². The van der Waals surface area contributed by atoms with E-state index in [0.29, 0.717) is 6.10 Å². The molecule has 0 radical (unpaired) electrons. The molecule has 1 saturated heterocycles. The molecule has 1 fully saturated rings. The van der Waals surface area contributed by atoms with Gasteiger partial charge in [0.05, 0.1) is 20.3 Å². The average Bonchev–Trinajstić information content (AvgIpc) is 3.15. The van der Waals surface area contributed by atoms with Crippen LogP contribution in [0.5, 0.6) is 5.75 Å². The topological polar surface area (TPSA) is 55.7 Å². The molecule has 0 saturated carbocycles. The molecule has 0 bridgehead atoms. The maximum atomic E-state index is 5.40. The first-order valence-corrected chi connectivity index (χ1v) is 7.75. The summed E-state index contributed by atoms with van der Waals surface area (Å²) in [7, 11) is 1.68. The molecule has 21 heavy (non-hydrogen) atoms. The Hall–Kier alpha value is -1.73. The highest BCUT2D eigenvalue weighted by atomic mass is 32.2. The summed E-state index contributed by atoms with van der Waals surface area (Å²) in [5.41, 5.74) is 1.23. The predicted molar refractivity (Wildman–Crippen MR) is 79.2 cm³/mol. The number of benzene rings is 1. The van der Waals surface area contributed by atoms with E-state index in [1.807, 2.05) is 19.1 Å². The normalized spacial score (nSPS) is 23.2. The van der Waals surface area contributed by atoms with Crippen molar-refractivity contribution in [3.05, 3.63) is 35.7 Å². The average molecular weight is 304 g/mol. The number of thioether (sulfide) groups is 1. The highest BCUT2D eigenvalue weighted by Gasteiger charge is 2.38. The van der Waals surface area contributed by atoms with Crippen LogP contribution in [0.15, 0.2) is 29.4 Å². The molecular formula is C14H16N4O2S. The minimum absolute atomic E-state index is 0.198. The van der Waals surface area contributed by atoms with Crippen molar-refractivity contribution in [1.82, 2.24) is 14.9 Å². The molecule has 0 spiro atoms. The molecule has 0 amide bonds. The minimum atomic E-state index is 0.198. The molecule has 1 aromatic heterocycles. The number of aromatic nitrogens is 3. The number of fused-ring (bicyclic) bond motifs is 1. The Balaban J connectivity index is 1.67. The van der Waals surface area contributed by atoms with Gasteiger partial charge in [-0.1, -0.05) is 23.9 Å². The third-order valence-corrected chi connectivity index (χ3v) is 4.91. The molecule has 4 rings (SSSR count). The summed E-state index contributed by atoms with van der Waals surface area (Å²) in [6, 6.07) is 8.20. The molecule has 2 atom stereocenters. The Morgan fingerprint density at radius 1 is 1.33 bits per heavy atom. The van der Waals surface area contributed by atoms with Gasteiger partial charge in [0.1, 0.15) is 23.1 Å². The standard InChI is InChI=1S/C14H16N4O2S/c1-9-15-16-14-18(9)17(7-12-8-20-12)13(21-14)10-3-5-11(19-2)6-4-10/h3-6,12-13H,7-8H2,1-2H3. The Bertz CT molecular complexity index is 653. The quantitative estimate of drug-likeness (QED) is 0.802. The number of aryl methyl sites for hydroxylation is 1. The Kier molecular flexibility index (Phi) is 3.04. The third-order valence-electron chi connectivity index (χ3n) is 3.71. The van der Waals surface area contributed by atoms with Crippen molar-refractivity contribution in [2.75, 3.05) is 25.3 Å². The molecule has 2 aromatic rings. The lowest BCUT2D eigenvalue weighted by Crippen LogP contribution is -2.37. The number of methoxy groups -OCH3 is 1. The third kappa shape index (κ3) is 2.26. The lowest BCUT2D eigenvalue weighted by Gasteiger charge is -2.27. The maximum absolute atomic E-state index is 5.40. The van der Waals surface area contributed by atoms with Gasteiger partial charge in [-0.3, -0.25) is 5.01 Å². The van der Waals surface area contributed by atoms with Crippen molar-refractivity contribution < 1.29 is 9.47 Å². The monoisotopic (exact) mass is 304 g/mol. The summed E-state index contributed by atoms with van der Waals surface area (Å²) in [6.07, 6.45) is 0.319. The van der Waals surface area contributed by atoms with Crippen molar-refractivity contribution in [2.45, 2.75) is 23.6 Å². The van der Waals surface area contributed by atoms with Crippen LogP contribution in [0.1, 0.15) is 16.8 Å². The maximum Gasteiger partial charge on any atom is 0.212 e. The largest absolute Gasteiger partial charge is 0.497 e. The molecule has 0 aliphatic carbocycles. The number of hydrogen-bond acceptors (Lipinski definition) is 6. The van der Waals surface area contributed by atoms with Gasteiger partial charge < -0.3 is 9.47 Å². The van der Waals surface area contributed by atoms with Crippen LogP contribution < -0.4 is 9.75 Å². The first kappa shape index (κ1) is 13.0. The highest BCUT2D eigenvalue weighted by molar-refractivity contribution is 7.99. The molecular weight excluding hydrogens is 288 g/mol. The molecule has 2 aliphatic heterocycles. The van der Waals surface area contributed by atoms with E-state index >= 15 is 0 Å². The highest BCUT2D eigenvalue weighted by Crippen LogP contribution is 2.43. The Morgan fingerprint density at radius 2 is 2.10 bits per heavy atom. The lowest BCUT2D eigenvalue weighted by molar-refractivity contribution is 0.388. The van der Waals surface area contributed by atoms with E-state index in [1.54, 1.807) is 18.9 Å². The van der Waals surface area contributed by atoms with Gasteiger partial charge in [-0.15, -0.1) is 10.2 Å². The minimum Gasteiger partial charge on any atom is -0.497 e. The van der Waals surface area contributed by atoms with E-state index in [1.165, 1.54) is 5.56 Å². The zero-order chi connectivity index (χ0) is 14.4. The zero-order valence-corrected chi connectivity index (χ0v) is 12.7. The fraction of sp³-hybridized carbons (Fsp3) is 0.429. The van der Waals surface area contributed by atoms with E-state index in [-0.39, 0.29) is 5.37 Å². The van der Waals surface area contributed by atoms with Crippen LogP contribution in [-0.4, -0.2) is 41.2 Å². The SMILES string of the molecule is COc1ccc(C2Sc3nnc(C)n3N2CC2CO2)cc1. The predicted octanol–water partition coefficient (Wildman–Crippen LogP) is 1.74. The van der Waals surface area contributed by atoms with Crippen LogP contribution in [0.2, 0.25) is 0 Å². The van der Waals surface area contributed by atoms with Gasteiger partial charge in [-0.05, 0) is 24.6 Å². The fourth-order valence-corrected chi connectivity index (χ4v) is 3.76. The number of epoxide rings is 1. The van der Waals surface area contributed by atoms with Gasteiger partial charge >= 0.3 is 0 Å². The summed E-state index contributed by atoms with van der Waals surface area (Å²) in [5, 5.41) is 11.8. The molecule has 6 nitrogen and oxygen atoms in total. The molecule has 110 valence electrons. The van der Waals surface area contributed by atoms with Crippen LogP contribution in [0.3, 0.4) is 0 Å². The van der Waals surface area contributed by atoms with Crippen LogP contribution in [0, 0.1) is 6.92 Å². The van der Waals surface area contributed by atoms with Gasteiger partial charge in [0.15, 0.2) is 0 Å². The van der Waals surface area contributed by atoms with Crippen LogP contribution in [-0.2, 0) is 4.74 Å². The number of rotatable bonds is 4. The summed E-state index contributed by atoms with van der Waals surface area (Å²) in [5.74, 6) is 1.78. The molecule has 1 aromatic carbocycles. The Morgan fingerprint density at radius 3 is 2.76 bits per heavy atom. The second-order valence-electron chi connectivity index (χ2n) is 5.16. The van der Waals surface area contributed by atoms with Gasteiger partial charge in [-0.2, -0.15) is 0 Å². The van der Waals surface area contributed by atoms with Crippen molar-refractivity contribution >= 4 is 11.8 Å². The van der Waals surface area contributed by atoms with Crippen molar-refractivity contribution in [2.24, 2.45) is 0 Å². The van der Waals surface area contributed by atoms with Gasteiger partial charge in [0, 0.05) is 0 Å². The Labute approximate surface area is 127 Å². The molecule has 7 heteroatoms. The van der Waals surface area contributed by atoms with Crippen molar-refractivity contribution in [3.8, 4) is 5.75 Å². The van der Waals surface area contributed by atoms with Gasteiger partial charge in [-0.25, -0.2) is 4.68 Å². The van der Waals surface area contributed by atoms with Gasteiger partial charge in [0.25, 0.3) is 0 Å². The first-order chi connectivity index (χ1) is 10.3. The molecule has 2 unspecified atom stereocenters. The van der Waals surface area contributed by atoms with E-state index in [0.717, 1.165) is 29.9 Å². The van der Waals surface area contributed by atoms with Gasteiger partial charge in [0.2, 0.25) is 5.16 Å². The lowest BCUT2D eigenvalue weighted by atomic mass is 10.2. The van der Waals surface area contributed by atoms with E-state index in [2.05, 4.69) is 32.0 Å². The fourth-order valence-electron chi connectivity index (χ4n) is 2.54. The summed E-state index contributed by atoms with van der Waals surface area (Å²) in [6.45, 7) is 3.68. The van der Waals surface area contributed by atoms with E-state index < -0.39 is 0 Å². The van der Waals surface area contributed by atoms with Crippen LogP contribution >= 0.6 is 11.8 Å². The molecule has 2 aliphatic rings. The first-order valence-electron chi connectivity index (χ1n) is 6.87. The number of nitrogens with zero attached hydrogens (tertiary/aromatic N) is 4.